The molecule has 1 aromatic carbocycles. The van der Waals surface area contributed by atoms with Crippen LogP contribution in [-0.2, 0) is 0 Å². The number of thiocarbonyl (C=S) groups is 1. The Morgan fingerprint density at radius 3 is 2.35 bits per heavy atom. The molecule has 0 aromatic heterocycles. The lowest BCUT2D eigenvalue weighted by molar-refractivity contribution is 0.114. The number of nitrogens with zero attached hydrogens (tertiary/aromatic N) is 1. The molecule has 4 heteroatoms. The van der Waals surface area contributed by atoms with Crippen LogP contribution in [0.4, 0.5) is 5.69 Å². The number of nitrogens with one attached hydrogen (secondary N) is 2. The fourth-order valence-electron chi connectivity index (χ4n) is 4.51. The normalized spacial score (nSPS) is 30.3. The van der Waals surface area contributed by atoms with Crippen LogP contribution in [0.2, 0.25) is 0 Å². The van der Waals surface area contributed by atoms with Crippen molar-refractivity contribution in [3.05, 3.63) is 29.3 Å². The summed E-state index contributed by atoms with van der Waals surface area (Å²) in [5.74, 6) is 0. The molecule has 2 aliphatic heterocycles. The standard InChI is InChI=1S/C19H27N3S/c1-12-3-4-13(2)18(9-12)21-19(23)20-14-10-16-7-8-17(11-14)22(16)15-5-6-15/h3-4,9,14-17H,5-8,10-11H2,1-2H3,(H2,20,21,23)/t14?,16-,17+. The Kier molecular flexibility index (Phi) is 4.06. The molecule has 2 heterocycles. The average Bonchev–Trinajstić information content (AvgIpc) is 3.30. The van der Waals surface area contributed by atoms with Crippen molar-refractivity contribution in [2.75, 3.05) is 5.32 Å². The summed E-state index contributed by atoms with van der Waals surface area (Å²) < 4.78 is 0. The van der Waals surface area contributed by atoms with Crippen LogP contribution in [0.3, 0.4) is 0 Å². The van der Waals surface area contributed by atoms with E-state index in [0.717, 1.165) is 28.9 Å². The van der Waals surface area contributed by atoms with Gasteiger partial charge in [0.1, 0.15) is 0 Å². The minimum Gasteiger partial charge on any atom is -0.360 e. The van der Waals surface area contributed by atoms with Gasteiger partial charge < -0.3 is 10.6 Å². The fourth-order valence-corrected chi connectivity index (χ4v) is 4.79. The summed E-state index contributed by atoms with van der Waals surface area (Å²) in [6.45, 7) is 4.24. The third-order valence-corrected chi connectivity index (χ3v) is 5.95. The third-order valence-electron chi connectivity index (χ3n) is 5.73. The SMILES string of the molecule is Cc1ccc(C)c(NC(=S)NC2C[C@H]3CC[C@@H](C2)N3C2CC2)c1. The number of hydrogen-bond donors (Lipinski definition) is 2. The Balaban J connectivity index is 1.35. The van der Waals surface area contributed by atoms with Crippen molar-refractivity contribution >= 4 is 23.0 Å². The molecule has 23 heavy (non-hydrogen) atoms. The zero-order chi connectivity index (χ0) is 16.0. The lowest BCUT2D eigenvalue weighted by Crippen LogP contribution is -2.51. The number of piperidine rings is 1. The van der Waals surface area contributed by atoms with Crippen molar-refractivity contribution in [2.24, 2.45) is 0 Å². The van der Waals surface area contributed by atoms with Gasteiger partial charge in [0.15, 0.2) is 5.11 Å². The summed E-state index contributed by atoms with van der Waals surface area (Å²) in [6.07, 6.45) is 8.13. The van der Waals surface area contributed by atoms with E-state index in [0.29, 0.717) is 6.04 Å². The van der Waals surface area contributed by atoms with Gasteiger partial charge >= 0.3 is 0 Å². The number of rotatable bonds is 3. The first-order chi connectivity index (χ1) is 11.1. The molecular formula is C19H27N3S. The topological polar surface area (TPSA) is 27.3 Å². The van der Waals surface area contributed by atoms with Crippen LogP contribution in [0.25, 0.3) is 0 Å². The minimum absolute atomic E-state index is 0.535. The molecule has 4 rings (SSSR count). The van der Waals surface area contributed by atoms with E-state index in [1.807, 2.05) is 0 Å². The fraction of sp³-hybridized carbons (Fsp3) is 0.632. The number of aryl methyl sites for hydroxylation is 2. The van der Waals surface area contributed by atoms with Crippen LogP contribution in [0, 0.1) is 13.8 Å². The van der Waals surface area contributed by atoms with E-state index in [-0.39, 0.29) is 0 Å². The van der Waals surface area contributed by atoms with Gasteiger partial charge in [-0.1, -0.05) is 12.1 Å². The third kappa shape index (κ3) is 3.24. The van der Waals surface area contributed by atoms with Crippen molar-refractivity contribution in [2.45, 2.75) is 76.5 Å². The quantitative estimate of drug-likeness (QED) is 0.826. The van der Waals surface area contributed by atoms with Gasteiger partial charge in [0.25, 0.3) is 0 Å². The van der Waals surface area contributed by atoms with Crippen LogP contribution in [0.15, 0.2) is 18.2 Å². The van der Waals surface area contributed by atoms with E-state index in [2.05, 4.69) is 47.6 Å². The smallest absolute Gasteiger partial charge is 0.171 e. The molecule has 3 aliphatic rings. The highest BCUT2D eigenvalue weighted by atomic mass is 32.1. The van der Waals surface area contributed by atoms with Crippen LogP contribution in [-0.4, -0.2) is 34.2 Å². The molecule has 1 aliphatic carbocycles. The van der Waals surface area contributed by atoms with Gasteiger partial charge in [-0.05, 0) is 81.8 Å². The molecule has 124 valence electrons. The average molecular weight is 330 g/mol. The van der Waals surface area contributed by atoms with Gasteiger partial charge in [-0.2, -0.15) is 0 Å². The number of fused-ring (bicyclic) bond motifs is 2. The Hall–Kier alpha value is -1.13. The predicted molar refractivity (Wildman–Crippen MR) is 100.0 cm³/mol. The van der Waals surface area contributed by atoms with Crippen molar-refractivity contribution in [3.63, 3.8) is 0 Å². The first-order valence-corrected chi connectivity index (χ1v) is 9.43. The van der Waals surface area contributed by atoms with E-state index in [1.165, 1.54) is 49.7 Å². The molecule has 3 atom stereocenters. The Morgan fingerprint density at radius 1 is 1.04 bits per heavy atom. The maximum atomic E-state index is 5.57. The maximum Gasteiger partial charge on any atom is 0.171 e. The van der Waals surface area contributed by atoms with Crippen molar-refractivity contribution in [1.82, 2.24) is 10.2 Å². The highest BCUT2D eigenvalue weighted by molar-refractivity contribution is 7.80. The summed E-state index contributed by atoms with van der Waals surface area (Å²) in [4.78, 5) is 2.83. The number of benzene rings is 1. The molecular weight excluding hydrogens is 302 g/mol. The van der Waals surface area contributed by atoms with Crippen molar-refractivity contribution in [1.29, 1.82) is 0 Å². The Labute approximate surface area is 144 Å². The van der Waals surface area contributed by atoms with Crippen LogP contribution in [0.1, 0.15) is 49.7 Å². The summed E-state index contributed by atoms with van der Waals surface area (Å²) in [5.41, 5.74) is 3.63. The number of hydrogen-bond acceptors (Lipinski definition) is 2. The maximum absolute atomic E-state index is 5.57. The summed E-state index contributed by atoms with van der Waals surface area (Å²) in [5, 5.41) is 7.77. The molecule has 2 N–H and O–H groups in total. The summed E-state index contributed by atoms with van der Waals surface area (Å²) >= 11 is 5.57. The van der Waals surface area contributed by atoms with E-state index >= 15 is 0 Å². The zero-order valence-electron chi connectivity index (χ0n) is 14.1. The molecule has 0 radical (unpaired) electrons. The van der Waals surface area contributed by atoms with E-state index in [9.17, 15) is 0 Å². The largest absolute Gasteiger partial charge is 0.360 e. The minimum atomic E-state index is 0.535. The zero-order valence-corrected chi connectivity index (χ0v) is 15.0. The molecule has 0 spiro atoms. The summed E-state index contributed by atoms with van der Waals surface area (Å²) in [7, 11) is 0. The lowest BCUT2D eigenvalue weighted by atomic mass is 9.97. The monoisotopic (exact) mass is 329 g/mol. The Morgan fingerprint density at radius 2 is 1.70 bits per heavy atom. The molecule has 1 aromatic rings. The first-order valence-electron chi connectivity index (χ1n) is 9.02. The van der Waals surface area contributed by atoms with Crippen molar-refractivity contribution in [3.8, 4) is 0 Å². The second-order valence-electron chi connectivity index (χ2n) is 7.65. The molecule has 3 fully saturated rings. The summed E-state index contributed by atoms with van der Waals surface area (Å²) in [6, 6.07) is 9.49. The Bertz CT molecular complexity index is 597. The molecule has 0 amide bonds. The van der Waals surface area contributed by atoms with Crippen LogP contribution < -0.4 is 10.6 Å². The highest BCUT2D eigenvalue weighted by Gasteiger charge is 2.46. The highest BCUT2D eigenvalue weighted by Crippen LogP contribution is 2.43. The molecule has 1 unspecified atom stereocenters. The van der Waals surface area contributed by atoms with Crippen molar-refractivity contribution < 1.29 is 0 Å². The molecule has 1 saturated carbocycles. The molecule has 3 nitrogen and oxygen atoms in total. The van der Waals surface area contributed by atoms with E-state index in [1.54, 1.807) is 0 Å². The number of anilines is 1. The van der Waals surface area contributed by atoms with Crippen LogP contribution in [0.5, 0.6) is 0 Å². The van der Waals surface area contributed by atoms with Crippen LogP contribution >= 0.6 is 12.2 Å². The first kappa shape index (κ1) is 15.4. The van der Waals surface area contributed by atoms with Gasteiger partial charge in [0, 0.05) is 29.9 Å². The predicted octanol–water partition coefficient (Wildman–Crippen LogP) is 3.75. The van der Waals surface area contributed by atoms with E-state index in [4.69, 9.17) is 12.2 Å². The molecule has 2 saturated heterocycles. The van der Waals surface area contributed by atoms with Gasteiger partial charge in [0.05, 0.1) is 0 Å². The van der Waals surface area contributed by atoms with E-state index < -0.39 is 0 Å². The van der Waals surface area contributed by atoms with Gasteiger partial charge in [0.2, 0.25) is 0 Å². The second kappa shape index (κ2) is 6.06. The second-order valence-corrected chi connectivity index (χ2v) is 8.06. The van der Waals surface area contributed by atoms with Gasteiger partial charge in [-0.3, -0.25) is 4.90 Å². The lowest BCUT2D eigenvalue weighted by Gasteiger charge is -2.39. The molecule has 2 bridgehead atoms. The van der Waals surface area contributed by atoms with Gasteiger partial charge in [-0.25, -0.2) is 0 Å². The van der Waals surface area contributed by atoms with Gasteiger partial charge in [-0.15, -0.1) is 0 Å².